The van der Waals surface area contributed by atoms with Crippen LogP contribution in [0.15, 0.2) is 244 Å². The van der Waals surface area contributed by atoms with Gasteiger partial charge in [0.2, 0.25) is 0 Å². The van der Waals surface area contributed by atoms with Crippen molar-refractivity contribution in [3.8, 4) is 50.2 Å². The van der Waals surface area contributed by atoms with Crippen molar-refractivity contribution in [1.82, 2.24) is 9.55 Å². The number of benzene rings is 12. The first-order chi connectivity index (χ1) is 36.1. The molecule has 0 amide bonds. The molecule has 0 bridgehead atoms. The molecule has 5 heteroatoms. The molecule has 16 aromatic rings. The molecule has 0 fully saturated rings. The molecule has 0 radical (unpaired) electrons. The summed E-state index contributed by atoms with van der Waals surface area (Å²) in [6.07, 6.45) is 0. The summed E-state index contributed by atoms with van der Waals surface area (Å²) < 4.78 is 15.4. The molecule has 73 heavy (non-hydrogen) atoms. The number of rotatable bonds is 1. The maximum Gasteiger partial charge on any atom is 0.137 e. The Morgan fingerprint density at radius 1 is 0.301 bits per heavy atom. The van der Waals surface area contributed by atoms with E-state index < -0.39 is 0 Å². The second-order valence-electron chi connectivity index (χ2n) is 19.3. The van der Waals surface area contributed by atoms with Crippen molar-refractivity contribution in [3.05, 3.63) is 235 Å². The van der Waals surface area contributed by atoms with Gasteiger partial charge < -0.3 is 18.4 Å². The molecule has 0 unspecified atom stereocenters. The molecule has 0 saturated carbocycles. The van der Waals surface area contributed by atoms with Crippen molar-refractivity contribution >= 4 is 125 Å². The van der Waals surface area contributed by atoms with E-state index in [0.29, 0.717) is 0 Å². The molecule has 2 aliphatic rings. The highest BCUT2D eigenvalue weighted by atomic mass is 79.9. The van der Waals surface area contributed by atoms with Gasteiger partial charge in [-0.1, -0.05) is 174 Å². The van der Waals surface area contributed by atoms with Crippen molar-refractivity contribution in [2.75, 3.05) is 0 Å². The molecule has 12 aromatic carbocycles. The smallest absolute Gasteiger partial charge is 0.137 e. The third kappa shape index (κ3) is 5.88. The molecule has 0 atom stereocenters. The van der Waals surface area contributed by atoms with E-state index in [0.717, 1.165) is 43.3 Å². The van der Waals surface area contributed by atoms with Crippen molar-refractivity contribution in [2.45, 2.75) is 0 Å². The largest absolute Gasteiger partial charge is 0.456 e. The zero-order valence-electron chi connectivity index (χ0n) is 39.1. The van der Waals surface area contributed by atoms with Gasteiger partial charge in [0.1, 0.15) is 22.3 Å². The first-order valence-corrected chi connectivity index (χ1v) is 25.6. The minimum Gasteiger partial charge on any atom is -0.456 e. The number of hydrogen-bond acceptors (Lipinski definition) is 2. The van der Waals surface area contributed by atoms with E-state index in [-0.39, 0.29) is 0 Å². The van der Waals surface area contributed by atoms with Crippen LogP contribution in [0, 0.1) is 0 Å². The number of nitrogens with zero attached hydrogens (tertiary/aromatic N) is 1. The molecule has 4 aromatic heterocycles. The Balaban J connectivity index is 0.000000105. The lowest BCUT2D eigenvalue weighted by Gasteiger charge is -2.13. The number of hydrogen-bond donors (Lipinski definition) is 1. The maximum absolute atomic E-state index is 6.27. The van der Waals surface area contributed by atoms with Crippen LogP contribution in [-0.2, 0) is 0 Å². The van der Waals surface area contributed by atoms with Crippen LogP contribution < -0.4 is 0 Å². The number of H-pyrrole nitrogens is 1. The molecule has 4 heterocycles. The summed E-state index contributed by atoms with van der Waals surface area (Å²) in [4.78, 5) is 3.60. The highest BCUT2D eigenvalue weighted by Gasteiger charge is 2.25. The monoisotopic (exact) mass is 994 g/mol. The predicted molar refractivity (Wildman–Crippen MR) is 309 cm³/mol. The van der Waals surface area contributed by atoms with Crippen molar-refractivity contribution in [2.24, 2.45) is 0 Å². The minimum atomic E-state index is 0.916. The standard InChI is InChI=1S/C34H19NO.C22H13N.C12H7BrO/c1-2-9-23-22(8-1)26-11-5-7-20-15-18-29-34(32(20)26)33-27(23)12-6-13-28(33)35(29)21-16-17-25-24-10-3-4-14-30(24)36-31(25)19-21;1-2-7-15-14(6-1)16-8-3-5-13-11-12-19-22(20(13)16)21-17(15)9-4-10-18(21)23-19;13-8-5-6-10-9-3-1-2-4-11(9)14-12(10)7-8/h1-19H;1-12,23H;1-7H. The first-order valence-electron chi connectivity index (χ1n) is 24.8. The van der Waals surface area contributed by atoms with Crippen molar-refractivity contribution < 1.29 is 8.83 Å². The molecule has 340 valence electrons. The van der Waals surface area contributed by atoms with Gasteiger partial charge >= 0.3 is 0 Å². The van der Waals surface area contributed by atoms with Crippen LogP contribution >= 0.6 is 15.9 Å². The van der Waals surface area contributed by atoms with Gasteiger partial charge in [0.05, 0.1) is 11.0 Å². The Kier molecular flexibility index (Phi) is 8.57. The summed E-state index contributed by atoms with van der Waals surface area (Å²) in [6, 6.07) is 82.3. The highest BCUT2D eigenvalue weighted by Crippen LogP contribution is 2.51. The van der Waals surface area contributed by atoms with Crippen LogP contribution in [0.3, 0.4) is 0 Å². The van der Waals surface area contributed by atoms with Crippen LogP contribution in [0.1, 0.15) is 0 Å². The summed E-state index contributed by atoms with van der Waals surface area (Å²) in [5.41, 5.74) is 20.2. The molecule has 0 saturated heterocycles. The number of para-hydroxylation sites is 2. The van der Waals surface area contributed by atoms with Gasteiger partial charge in [0.15, 0.2) is 0 Å². The second kappa shape index (κ2) is 15.4. The highest BCUT2D eigenvalue weighted by molar-refractivity contribution is 9.10. The molecule has 1 N–H and O–H groups in total. The van der Waals surface area contributed by atoms with E-state index in [9.17, 15) is 0 Å². The third-order valence-corrected chi connectivity index (χ3v) is 15.9. The Hall–Kier alpha value is -9.16. The average molecular weight is 996 g/mol. The molecule has 4 nitrogen and oxygen atoms in total. The first kappa shape index (κ1) is 40.6. The van der Waals surface area contributed by atoms with Gasteiger partial charge in [-0.25, -0.2) is 0 Å². The van der Waals surface area contributed by atoms with Gasteiger partial charge in [0, 0.05) is 70.3 Å². The zero-order valence-corrected chi connectivity index (χ0v) is 40.7. The Morgan fingerprint density at radius 3 is 1.42 bits per heavy atom. The number of halogens is 1. The molecule has 0 spiro atoms. The summed E-state index contributed by atoms with van der Waals surface area (Å²) >= 11 is 3.43. The minimum absolute atomic E-state index is 0.916. The summed E-state index contributed by atoms with van der Waals surface area (Å²) in [5.74, 6) is 0. The SMILES string of the molecule is Brc1ccc2c(c1)oc1ccccc12.c1ccc2c(c1)-c1cccc3ccc4[nH]c5cccc-2c5c4c13.c1ccc2c(c1)-c1cccc3ccc4c(c13)c1c-2cccc1n4-c1ccc2c(c1)oc1ccccc12. The quantitative estimate of drug-likeness (QED) is 0.178. The summed E-state index contributed by atoms with van der Waals surface area (Å²) in [6.45, 7) is 0. The molecular weight excluding hydrogens is 957 g/mol. The van der Waals surface area contributed by atoms with Crippen LogP contribution in [0.25, 0.3) is 159 Å². The Morgan fingerprint density at radius 2 is 0.767 bits per heavy atom. The van der Waals surface area contributed by atoms with Gasteiger partial charge in [0.25, 0.3) is 0 Å². The van der Waals surface area contributed by atoms with E-state index in [1.165, 1.54) is 120 Å². The number of nitrogens with one attached hydrogen (secondary N) is 1. The van der Waals surface area contributed by atoms with Crippen LogP contribution in [0.4, 0.5) is 0 Å². The Labute approximate surface area is 426 Å². The van der Waals surface area contributed by atoms with Crippen molar-refractivity contribution in [3.63, 3.8) is 0 Å². The van der Waals surface area contributed by atoms with E-state index >= 15 is 0 Å². The maximum atomic E-state index is 6.27. The zero-order chi connectivity index (χ0) is 47.9. The van der Waals surface area contributed by atoms with Gasteiger partial charge in [-0.05, 0) is 133 Å². The van der Waals surface area contributed by atoms with Gasteiger partial charge in [-0.15, -0.1) is 0 Å². The Bertz CT molecular complexity index is 4990. The molecule has 2 aliphatic carbocycles. The third-order valence-electron chi connectivity index (χ3n) is 15.4. The van der Waals surface area contributed by atoms with E-state index in [1.54, 1.807) is 0 Å². The summed E-state index contributed by atoms with van der Waals surface area (Å²) in [5, 5.41) is 15.3. The van der Waals surface area contributed by atoms with Gasteiger partial charge in [-0.2, -0.15) is 0 Å². The van der Waals surface area contributed by atoms with Crippen molar-refractivity contribution in [1.29, 1.82) is 0 Å². The average Bonchev–Trinajstić information content (AvgIpc) is 4.18. The van der Waals surface area contributed by atoms with E-state index in [2.05, 4.69) is 214 Å². The lowest BCUT2D eigenvalue weighted by molar-refractivity contribution is 0.668. The van der Waals surface area contributed by atoms with Gasteiger partial charge in [-0.3, -0.25) is 0 Å². The normalized spacial score (nSPS) is 12.2. The number of furan rings is 2. The van der Waals surface area contributed by atoms with Crippen LogP contribution in [0.5, 0.6) is 0 Å². The van der Waals surface area contributed by atoms with Crippen LogP contribution in [0.2, 0.25) is 0 Å². The number of aromatic nitrogens is 2. The van der Waals surface area contributed by atoms with Crippen LogP contribution in [-0.4, -0.2) is 9.55 Å². The number of aromatic amines is 1. The fourth-order valence-corrected chi connectivity index (χ4v) is 12.7. The lowest BCUT2D eigenvalue weighted by atomic mass is 9.93. The predicted octanol–water partition coefficient (Wildman–Crippen LogP) is 20.0. The molecular formula is C68H39BrN2O2. The molecule has 0 aliphatic heterocycles. The summed E-state index contributed by atoms with van der Waals surface area (Å²) in [7, 11) is 0. The fraction of sp³-hybridized carbons (Fsp3) is 0. The van der Waals surface area contributed by atoms with E-state index in [1.807, 2.05) is 42.5 Å². The number of fused-ring (bicyclic) bond motifs is 12. The second-order valence-corrected chi connectivity index (χ2v) is 20.2. The van der Waals surface area contributed by atoms with E-state index in [4.69, 9.17) is 8.83 Å². The lowest BCUT2D eigenvalue weighted by Crippen LogP contribution is -1.94. The topological polar surface area (TPSA) is 47.0 Å². The molecule has 18 rings (SSSR count). The fourth-order valence-electron chi connectivity index (χ4n) is 12.4.